The van der Waals surface area contributed by atoms with E-state index in [4.69, 9.17) is 4.74 Å². The summed E-state index contributed by atoms with van der Waals surface area (Å²) in [5.41, 5.74) is 4.95. The van der Waals surface area contributed by atoms with Crippen LogP contribution in [0.3, 0.4) is 0 Å². The lowest BCUT2D eigenvalue weighted by molar-refractivity contribution is -0.137. The maximum absolute atomic E-state index is 12.5. The lowest BCUT2D eigenvalue weighted by Crippen LogP contribution is -2.31. The summed E-state index contributed by atoms with van der Waals surface area (Å²) in [4.78, 5) is 23.7. The fourth-order valence-electron chi connectivity index (χ4n) is 3.95. The number of carbonyl (C=O) groups excluding carboxylic acids is 1. The first-order valence-electron chi connectivity index (χ1n) is 9.65. The number of phenols is 1. The number of rotatable bonds is 6. The zero-order valence-corrected chi connectivity index (χ0v) is 16.1. The first kappa shape index (κ1) is 19.5. The van der Waals surface area contributed by atoms with E-state index in [1.54, 1.807) is 12.1 Å². The first-order chi connectivity index (χ1) is 14.5. The molecule has 0 aliphatic heterocycles. The smallest absolute Gasteiger partial charge is 0.407 e. The van der Waals surface area contributed by atoms with Crippen molar-refractivity contribution >= 4 is 12.1 Å². The summed E-state index contributed by atoms with van der Waals surface area (Å²) in [6.45, 7) is 0.139. The van der Waals surface area contributed by atoms with Gasteiger partial charge < -0.3 is 20.3 Å². The number of ether oxygens (including phenoxy) is 1. The van der Waals surface area contributed by atoms with Gasteiger partial charge in [-0.1, -0.05) is 60.7 Å². The van der Waals surface area contributed by atoms with Crippen molar-refractivity contribution in [1.29, 1.82) is 0 Å². The summed E-state index contributed by atoms with van der Waals surface area (Å²) < 4.78 is 5.50. The minimum atomic E-state index is -1.07. The summed E-state index contributed by atoms with van der Waals surface area (Å²) >= 11 is 0. The molecule has 0 heterocycles. The predicted molar refractivity (Wildman–Crippen MR) is 111 cm³/mol. The average Bonchev–Trinajstić information content (AvgIpc) is 3.05. The van der Waals surface area contributed by atoms with E-state index in [-0.39, 0.29) is 24.7 Å². The predicted octanol–water partition coefficient (Wildman–Crippen LogP) is 4.45. The number of hydrogen-bond donors (Lipinski definition) is 3. The van der Waals surface area contributed by atoms with Crippen LogP contribution in [0.2, 0.25) is 0 Å². The van der Waals surface area contributed by atoms with Gasteiger partial charge in [0.05, 0.1) is 12.5 Å². The second kappa shape index (κ2) is 8.29. The van der Waals surface area contributed by atoms with Gasteiger partial charge in [-0.15, -0.1) is 0 Å². The van der Waals surface area contributed by atoms with E-state index in [0.717, 1.165) is 22.3 Å². The molecule has 0 bridgehead atoms. The molecule has 6 heteroatoms. The van der Waals surface area contributed by atoms with Crippen LogP contribution in [0.15, 0.2) is 72.8 Å². The molecule has 3 aromatic rings. The number of benzene rings is 3. The number of fused-ring (bicyclic) bond motifs is 3. The molecule has 0 aromatic heterocycles. The van der Waals surface area contributed by atoms with E-state index in [1.807, 2.05) is 36.4 Å². The highest BCUT2D eigenvalue weighted by molar-refractivity contribution is 5.79. The van der Waals surface area contributed by atoms with Crippen LogP contribution in [-0.2, 0) is 9.53 Å². The monoisotopic (exact) mass is 403 g/mol. The number of phenolic OH excluding ortho intramolecular Hbond substituents is 1. The Labute approximate surface area is 173 Å². The Kier molecular flexibility index (Phi) is 5.39. The van der Waals surface area contributed by atoms with E-state index in [0.29, 0.717) is 5.56 Å². The quantitative estimate of drug-likeness (QED) is 0.565. The van der Waals surface area contributed by atoms with Gasteiger partial charge in [0.25, 0.3) is 0 Å². The van der Waals surface area contributed by atoms with Crippen molar-refractivity contribution in [3.63, 3.8) is 0 Å². The standard InChI is InChI=1S/C24H21NO5/c26-16-7-5-6-15(12-16)22(13-23(27)28)25-24(29)30-14-21-19-10-3-1-8-17(19)18-9-2-4-11-20(18)21/h1-12,21-22,26H,13-14H2,(H,25,29)(H,27,28)/t22-/m0/s1. The Morgan fingerprint density at radius 3 is 2.17 bits per heavy atom. The minimum Gasteiger partial charge on any atom is -0.508 e. The molecule has 1 aliphatic rings. The SMILES string of the molecule is O=C(O)C[C@H](NC(=O)OCC1c2ccccc2-c2ccccc21)c1cccc(O)c1. The Morgan fingerprint density at radius 2 is 1.57 bits per heavy atom. The van der Waals surface area contributed by atoms with Gasteiger partial charge in [-0.3, -0.25) is 4.79 Å². The van der Waals surface area contributed by atoms with Crippen molar-refractivity contribution in [2.24, 2.45) is 0 Å². The molecule has 3 N–H and O–H groups in total. The van der Waals surface area contributed by atoms with Gasteiger partial charge in [0, 0.05) is 5.92 Å². The van der Waals surface area contributed by atoms with E-state index in [9.17, 15) is 19.8 Å². The highest BCUT2D eigenvalue weighted by Crippen LogP contribution is 2.44. The molecule has 1 atom stereocenters. The minimum absolute atomic E-state index is 0.00257. The van der Waals surface area contributed by atoms with Crippen molar-refractivity contribution in [3.8, 4) is 16.9 Å². The molecule has 0 saturated heterocycles. The van der Waals surface area contributed by atoms with Gasteiger partial charge in [-0.2, -0.15) is 0 Å². The van der Waals surface area contributed by atoms with Crippen LogP contribution in [0.1, 0.15) is 35.1 Å². The number of amides is 1. The molecule has 3 aromatic carbocycles. The van der Waals surface area contributed by atoms with Crippen molar-refractivity contribution in [3.05, 3.63) is 89.5 Å². The number of nitrogens with one attached hydrogen (secondary N) is 1. The van der Waals surface area contributed by atoms with Crippen LogP contribution in [0, 0.1) is 0 Å². The van der Waals surface area contributed by atoms with Crippen LogP contribution in [0.4, 0.5) is 4.79 Å². The molecule has 0 radical (unpaired) electrons. The maximum atomic E-state index is 12.5. The van der Waals surface area contributed by atoms with Crippen LogP contribution in [-0.4, -0.2) is 28.9 Å². The Balaban J connectivity index is 1.48. The number of aliphatic carboxylic acids is 1. The van der Waals surface area contributed by atoms with E-state index < -0.39 is 18.1 Å². The average molecular weight is 403 g/mol. The number of carbonyl (C=O) groups is 2. The van der Waals surface area contributed by atoms with E-state index >= 15 is 0 Å². The molecule has 0 spiro atoms. The molecule has 0 fully saturated rings. The normalized spacial score (nSPS) is 13.2. The first-order valence-corrected chi connectivity index (χ1v) is 9.65. The van der Waals surface area contributed by atoms with Crippen LogP contribution >= 0.6 is 0 Å². The fourth-order valence-corrected chi connectivity index (χ4v) is 3.95. The van der Waals surface area contributed by atoms with Gasteiger partial charge in [0.2, 0.25) is 0 Å². The number of hydrogen-bond acceptors (Lipinski definition) is 4. The molecule has 6 nitrogen and oxygen atoms in total. The molecule has 152 valence electrons. The van der Waals surface area contributed by atoms with Gasteiger partial charge >= 0.3 is 12.1 Å². The van der Waals surface area contributed by atoms with Gasteiger partial charge in [0.1, 0.15) is 12.4 Å². The van der Waals surface area contributed by atoms with Crippen LogP contribution in [0.25, 0.3) is 11.1 Å². The van der Waals surface area contributed by atoms with Crippen LogP contribution in [0.5, 0.6) is 5.75 Å². The van der Waals surface area contributed by atoms with Crippen molar-refractivity contribution in [2.75, 3.05) is 6.61 Å². The Morgan fingerprint density at radius 1 is 0.933 bits per heavy atom. The molecule has 1 aliphatic carbocycles. The highest BCUT2D eigenvalue weighted by atomic mass is 16.5. The van der Waals surface area contributed by atoms with Gasteiger partial charge in [0.15, 0.2) is 0 Å². The van der Waals surface area contributed by atoms with Gasteiger partial charge in [-0.25, -0.2) is 4.79 Å². The van der Waals surface area contributed by atoms with E-state index in [2.05, 4.69) is 17.4 Å². The molecular weight excluding hydrogens is 382 g/mol. The second-order valence-corrected chi connectivity index (χ2v) is 7.22. The van der Waals surface area contributed by atoms with Crippen LogP contribution < -0.4 is 5.32 Å². The zero-order valence-electron chi connectivity index (χ0n) is 16.1. The largest absolute Gasteiger partial charge is 0.508 e. The lowest BCUT2D eigenvalue weighted by atomic mass is 9.98. The zero-order chi connectivity index (χ0) is 21.1. The maximum Gasteiger partial charge on any atom is 0.407 e. The molecule has 4 rings (SSSR count). The summed E-state index contributed by atoms with van der Waals surface area (Å²) in [5.74, 6) is -1.15. The highest BCUT2D eigenvalue weighted by Gasteiger charge is 2.29. The third-order valence-electron chi connectivity index (χ3n) is 5.29. The topological polar surface area (TPSA) is 95.9 Å². The van der Waals surface area contributed by atoms with Gasteiger partial charge in [-0.05, 0) is 39.9 Å². The molecular formula is C24H21NO5. The fraction of sp³-hybridized carbons (Fsp3) is 0.167. The number of alkyl carbamates (subject to hydrolysis) is 1. The number of carboxylic acids is 1. The third kappa shape index (κ3) is 3.98. The molecule has 30 heavy (non-hydrogen) atoms. The van der Waals surface area contributed by atoms with Crippen molar-refractivity contribution in [2.45, 2.75) is 18.4 Å². The number of aromatic hydroxyl groups is 1. The van der Waals surface area contributed by atoms with Crippen molar-refractivity contribution < 1.29 is 24.5 Å². The Bertz CT molecular complexity index is 1050. The lowest BCUT2D eigenvalue weighted by Gasteiger charge is -2.19. The van der Waals surface area contributed by atoms with E-state index in [1.165, 1.54) is 12.1 Å². The second-order valence-electron chi connectivity index (χ2n) is 7.22. The summed E-state index contributed by atoms with van der Waals surface area (Å²) in [6, 6.07) is 21.4. The third-order valence-corrected chi connectivity index (χ3v) is 5.29. The molecule has 1 amide bonds. The van der Waals surface area contributed by atoms with Crippen molar-refractivity contribution in [1.82, 2.24) is 5.32 Å². The molecule has 0 saturated carbocycles. The summed E-state index contributed by atoms with van der Waals surface area (Å²) in [7, 11) is 0. The molecule has 0 unspecified atom stereocenters. The summed E-state index contributed by atoms with van der Waals surface area (Å²) in [5, 5.41) is 21.5. The Hall–Kier alpha value is -3.80. The summed E-state index contributed by atoms with van der Waals surface area (Å²) in [6.07, 6.45) is -1.03. The number of carboxylic acid groups (broad SMARTS) is 1.